The SMILES string of the molecule is NC(=O)CC1CCN(C(=O)c2cccnc2F)CC1. The summed E-state index contributed by atoms with van der Waals surface area (Å²) in [6.45, 7) is 1.04. The van der Waals surface area contributed by atoms with Crippen LogP contribution in [-0.4, -0.2) is 34.8 Å². The first-order valence-electron chi connectivity index (χ1n) is 6.26. The Bertz CT molecular complexity index is 485. The van der Waals surface area contributed by atoms with E-state index in [4.69, 9.17) is 5.73 Å². The number of amides is 2. The number of carbonyl (C=O) groups excluding carboxylic acids is 2. The molecule has 1 saturated heterocycles. The fraction of sp³-hybridized carbons (Fsp3) is 0.462. The van der Waals surface area contributed by atoms with E-state index in [0.29, 0.717) is 19.5 Å². The third-order valence-electron chi connectivity index (χ3n) is 3.38. The largest absolute Gasteiger partial charge is 0.370 e. The van der Waals surface area contributed by atoms with Gasteiger partial charge in [-0.15, -0.1) is 0 Å². The Hall–Kier alpha value is -1.98. The first-order chi connectivity index (χ1) is 9.08. The van der Waals surface area contributed by atoms with Gasteiger partial charge in [-0.1, -0.05) is 0 Å². The molecule has 0 radical (unpaired) electrons. The van der Waals surface area contributed by atoms with Crippen molar-refractivity contribution in [3.05, 3.63) is 29.8 Å². The van der Waals surface area contributed by atoms with Crippen LogP contribution < -0.4 is 5.73 Å². The first-order valence-corrected chi connectivity index (χ1v) is 6.26. The van der Waals surface area contributed by atoms with Crippen LogP contribution in [-0.2, 0) is 4.79 Å². The molecule has 0 aliphatic carbocycles. The van der Waals surface area contributed by atoms with Crippen molar-refractivity contribution in [1.82, 2.24) is 9.88 Å². The smallest absolute Gasteiger partial charge is 0.258 e. The molecule has 0 spiro atoms. The zero-order chi connectivity index (χ0) is 13.8. The monoisotopic (exact) mass is 265 g/mol. The lowest BCUT2D eigenvalue weighted by atomic mass is 9.93. The highest BCUT2D eigenvalue weighted by Gasteiger charge is 2.26. The lowest BCUT2D eigenvalue weighted by Crippen LogP contribution is -2.39. The number of carbonyl (C=O) groups is 2. The molecule has 0 aromatic carbocycles. The summed E-state index contributed by atoms with van der Waals surface area (Å²) in [5.74, 6) is -1.18. The van der Waals surface area contributed by atoms with Gasteiger partial charge in [-0.2, -0.15) is 4.39 Å². The molecule has 102 valence electrons. The molecule has 1 aliphatic rings. The molecule has 1 aromatic rings. The molecule has 0 atom stereocenters. The normalized spacial score (nSPS) is 16.4. The minimum atomic E-state index is -0.744. The number of nitrogens with zero attached hydrogens (tertiary/aromatic N) is 2. The highest BCUT2D eigenvalue weighted by Crippen LogP contribution is 2.21. The van der Waals surface area contributed by atoms with Crippen molar-refractivity contribution >= 4 is 11.8 Å². The Morgan fingerprint density at radius 1 is 1.42 bits per heavy atom. The molecule has 0 bridgehead atoms. The Morgan fingerprint density at radius 2 is 2.11 bits per heavy atom. The first kappa shape index (κ1) is 13.5. The molecule has 1 fully saturated rings. The second-order valence-corrected chi connectivity index (χ2v) is 4.75. The molecule has 0 saturated carbocycles. The number of aromatic nitrogens is 1. The maximum Gasteiger partial charge on any atom is 0.258 e. The van der Waals surface area contributed by atoms with Gasteiger partial charge in [0.15, 0.2) is 0 Å². The van der Waals surface area contributed by atoms with Crippen LogP contribution in [0.4, 0.5) is 4.39 Å². The van der Waals surface area contributed by atoms with E-state index < -0.39 is 5.95 Å². The molecule has 1 aliphatic heterocycles. The minimum Gasteiger partial charge on any atom is -0.370 e. The van der Waals surface area contributed by atoms with Crippen LogP contribution >= 0.6 is 0 Å². The predicted octanol–water partition coefficient (Wildman–Crippen LogP) is 0.948. The topological polar surface area (TPSA) is 76.3 Å². The summed E-state index contributed by atoms with van der Waals surface area (Å²) in [5, 5.41) is 0. The van der Waals surface area contributed by atoms with Gasteiger partial charge in [-0.3, -0.25) is 9.59 Å². The summed E-state index contributed by atoms with van der Waals surface area (Å²) in [6.07, 6.45) is 3.10. The quantitative estimate of drug-likeness (QED) is 0.827. The van der Waals surface area contributed by atoms with E-state index in [-0.39, 0.29) is 23.3 Å². The second kappa shape index (κ2) is 5.77. The maximum atomic E-state index is 13.4. The summed E-state index contributed by atoms with van der Waals surface area (Å²) in [4.78, 5) is 28.0. The van der Waals surface area contributed by atoms with Crippen molar-refractivity contribution in [2.75, 3.05) is 13.1 Å². The molecule has 1 aromatic heterocycles. The molecule has 2 N–H and O–H groups in total. The lowest BCUT2D eigenvalue weighted by Gasteiger charge is -2.31. The Kier molecular flexibility index (Phi) is 4.09. The molecule has 5 nitrogen and oxygen atoms in total. The van der Waals surface area contributed by atoms with Crippen molar-refractivity contribution in [2.24, 2.45) is 11.7 Å². The van der Waals surface area contributed by atoms with Crippen molar-refractivity contribution in [3.8, 4) is 0 Å². The highest BCUT2D eigenvalue weighted by atomic mass is 19.1. The van der Waals surface area contributed by atoms with Gasteiger partial charge in [-0.25, -0.2) is 4.98 Å². The number of rotatable bonds is 3. The molecular formula is C13H16FN3O2. The highest BCUT2D eigenvalue weighted by molar-refractivity contribution is 5.94. The zero-order valence-corrected chi connectivity index (χ0v) is 10.5. The Morgan fingerprint density at radius 3 is 2.68 bits per heavy atom. The van der Waals surface area contributed by atoms with E-state index in [0.717, 1.165) is 12.8 Å². The summed E-state index contributed by atoms with van der Waals surface area (Å²) < 4.78 is 13.4. The zero-order valence-electron chi connectivity index (χ0n) is 10.5. The van der Waals surface area contributed by atoms with E-state index >= 15 is 0 Å². The fourth-order valence-electron chi connectivity index (χ4n) is 2.34. The van der Waals surface area contributed by atoms with Gasteiger partial charge in [0.25, 0.3) is 5.91 Å². The Labute approximate surface area is 110 Å². The number of pyridine rings is 1. The van der Waals surface area contributed by atoms with E-state index in [1.807, 2.05) is 0 Å². The van der Waals surface area contributed by atoms with Crippen molar-refractivity contribution in [3.63, 3.8) is 0 Å². The van der Waals surface area contributed by atoms with Gasteiger partial charge in [0.1, 0.15) is 0 Å². The van der Waals surface area contributed by atoms with E-state index in [1.54, 1.807) is 4.90 Å². The van der Waals surface area contributed by atoms with E-state index in [1.165, 1.54) is 18.3 Å². The van der Waals surface area contributed by atoms with Gasteiger partial charge in [0, 0.05) is 25.7 Å². The summed E-state index contributed by atoms with van der Waals surface area (Å²) in [7, 11) is 0. The van der Waals surface area contributed by atoms with Gasteiger partial charge < -0.3 is 10.6 Å². The molecule has 6 heteroatoms. The third kappa shape index (κ3) is 3.27. The molecule has 19 heavy (non-hydrogen) atoms. The van der Waals surface area contributed by atoms with Crippen LogP contribution in [0.3, 0.4) is 0 Å². The average Bonchev–Trinajstić information content (AvgIpc) is 2.39. The molecule has 2 heterocycles. The summed E-state index contributed by atoms with van der Waals surface area (Å²) in [5.41, 5.74) is 5.15. The predicted molar refractivity (Wildman–Crippen MR) is 66.6 cm³/mol. The molecule has 2 amide bonds. The second-order valence-electron chi connectivity index (χ2n) is 4.75. The average molecular weight is 265 g/mol. The van der Waals surface area contributed by atoms with Crippen LogP contribution in [0.1, 0.15) is 29.6 Å². The standard InChI is InChI=1S/C13H16FN3O2/c14-12-10(2-1-5-16-12)13(19)17-6-3-9(4-7-17)8-11(15)18/h1-2,5,9H,3-4,6-8H2,(H2,15,18). The van der Waals surface area contributed by atoms with E-state index in [9.17, 15) is 14.0 Å². The number of primary amides is 1. The van der Waals surface area contributed by atoms with Crippen molar-refractivity contribution in [2.45, 2.75) is 19.3 Å². The summed E-state index contributed by atoms with van der Waals surface area (Å²) in [6, 6.07) is 2.97. The molecule has 0 unspecified atom stereocenters. The number of likely N-dealkylation sites (tertiary alicyclic amines) is 1. The third-order valence-corrected chi connectivity index (χ3v) is 3.38. The number of nitrogens with two attached hydrogens (primary N) is 1. The minimum absolute atomic E-state index is 0.00384. The number of halogens is 1. The van der Waals surface area contributed by atoms with Gasteiger partial charge >= 0.3 is 0 Å². The van der Waals surface area contributed by atoms with Gasteiger partial charge in [-0.05, 0) is 30.9 Å². The van der Waals surface area contributed by atoms with E-state index in [2.05, 4.69) is 4.98 Å². The van der Waals surface area contributed by atoms with Crippen LogP contribution in [0.15, 0.2) is 18.3 Å². The maximum absolute atomic E-state index is 13.4. The van der Waals surface area contributed by atoms with Crippen LogP contribution in [0.2, 0.25) is 0 Å². The van der Waals surface area contributed by atoms with Crippen molar-refractivity contribution in [1.29, 1.82) is 0 Å². The van der Waals surface area contributed by atoms with Crippen LogP contribution in [0.25, 0.3) is 0 Å². The Balaban J connectivity index is 1.96. The van der Waals surface area contributed by atoms with Crippen molar-refractivity contribution < 1.29 is 14.0 Å². The lowest BCUT2D eigenvalue weighted by molar-refractivity contribution is -0.119. The molecular weight excluding hydrogens is 249 g/mol. The van der Waals surface area contributed by atoms with Gasteiger partial charge in [0.2, 0.25) is 11.9 Å². The number of hydrogen-bond donors (Lipinski definition) is 1. The fourth-order valence-corrected chi connectivity index (χ4v) is 2.34. The summed E-state index contributed by atoms with van der Waals surface area (Å²) >= 11 is 0. The number of hydrogen-bond acceptors (Lipinski definition) is 3. The molecule has 2 rings (SSSR count). The van der Waals surface area contributed by atoms with Crippen LogP contribution in [0.5, 0.6) is 0 Å². The number of piperidine rings is 1. The van der Waals surface area contributed by atoms with Gasteiger partial charge in [0.05, 0.1) is 5.56 Å². The van der Waals surface area contributed by atoms with Crippen LogP contribution in [0, 0.1) is 11.9 Å².